The number of halogens is 1. The summed E-state index contributed by atoms with van der Waals surface area (Å²) in [6.07, 6.45) is -0.606. The molecule has 16 heavy (non-hydrogen) atoms. The van der Waals surface area contributed by atoms with Gasteiger partial charge in [-0.1, -0.05) is 0 Å². The molecule has 8 heteroatoms. The summed E-state index contributed by atoms with van der Waals surface area (Å²) < 4.78 is 5.26. The molecule has 1 heterocycles. The summed E-state index contributed by atoms with van der Waals surface area (Å²) in [4.78, 5) is 11.0. The maximum atomic E-state index is 11.0. The lowest BCUT2D eigenvalue weighted by atomic mass is 10.5. The Morgan fingerprint density at radius 2 is 2.31 bits per heavy atom. The highest BCUT2D eigenvalue weighted by Crippen LogP contribution is 2.06. The van der Waals surface area contributed by atoms with Crippen molar-refractivity contribution < 1.29 is 9.53 Å². The quantitative estimate of drug-likeness (QED) is 0.810. The molecule has 0 radical (unpaired) electrons. The van der Waals surface area contributed by atoms with E-state index in [0.29, 0.717) is 10.4 Å². The first-order chi connectivity index (χ1) is 7.61. The van der Waals surface area contributed by atoms with Crippen LogP contribution >= 0.6 is 28.1 Å². The van der Waals surface area contributed by atoms with E-state index >= 15 is 0 Å². The number of rotatable bonds is 2. The van der Waals surface area contributed by atoms with Gasteiger partial charge in [0.15, 0.2) is 10.9 Å². The minimum absolute atomic E-state index is 0.107. The normalized spacial score (nSPS) is 9.38. The summed E-state index contributed by atoms with van der Waals surface area (Å²) in [6, 6.07) is 3.36. The molecule has 0 unspecified atom stereocenters. The van der Waals surface area contributed by atoms with Gasteiger partial charge in [-0.3, -0.25) is 5.32 Å². The minimum Gasteiger partial charge on any atom is -0.450 e. The van der Waals surface area contributed by atoms with Gasteiger partial charge in [-0.05, 0) is 47.2 Å². The van der Waals surface area contributed by atoms with Crippen LogP contribution in [-0.2, 0) is 4.74 Å². The maximum Gasteiger partial charge on any atom is 0.413 e. The van der Waals surface area contributed by atoms with Crippen LogP contribution in [0.5, 0.6) is 0 Å². The third-order valence-electron chi connectivity index (χ3n) is 1.36. The third-order valence-corrected chi connectivity index (χ3v) is 1.99. The number of amides is 1. The van der Waals surface area contributed by atoms with Gasteiger partial charge in [-0.25, -0.2) is 4.79 Å². The Kier molecular flexibility index (Phi) is 5.06. The Morgan fingerprint density at radius 1 is 1.56 bits per heavy atom. The summed E-state index contributed by atoms with van der Waals surface area (Å²) in [5, 5.41) is 12.6. The molecule has 86 valence electrons. The van der Waals surface area contributed by atoms with E-state index in [1.165, 1.54) is 0 Å². The van der Waals surface area contributed by atoms with Crippen LogP contribution < -0.4 is 10.6 Å². The molecule has 6 nitrogen and oxygen atoms in total. The molecule has 2 N–H and O–H groups in total. The van der Waals surface area contributed by atoms with Crippen molar-refractivity contribution in [2.75, 3.05) is 11.9 Å². The molecule has 1 aromatic rings. The Bertz CT molecular complexity index is 384. The van der Waals surface area contributed by atoms with Gasteiger partial charge in [0.1, 0.15) is 4.60 Å². The fourth-order valence-electron chi connectivity index (χ4n) is 0.790. The van der Waals surface area contributed by atoms with E-state index < -0.39 is 6.09 Å². The maximum absolute atomic E-state index is 11.0. The molecule has 0 saturated carbocycles. The fraction of sp³-hybridized carbons (Fsp3) is 0.250. The van der Waals surface area contributed by atoms with Gasteiger partial charge in [0.2, 0.25) is 0 Å². The van der Waals surface area contributed by atoms with Crippen molar-refractivity contribution in [3.63, 3.8) is 0 Å². The van der Waals surface area contributed by atoms with E-state index in [9.17, 15) is 4.79 Å². The number of nitrogens with zero attached hydrogens (tertiary/aromatic N) is 2. The molecule has 0 aliphatic rings. The molecule has 0 spiro atoms. The molecule has 0 aliphatic carbocycles. The van der Waals surface area contributed by atoms with Gasteiger partial charge in [-0.15, -0.1) is 10.2 Å². The van der Waals surface area contributed by atoms with Gasteiger partial charge in [-0.2, -0.15) is 0 Å². The first kappa shape index (κ1) is 12.8. The van der Waals surface area contributed by atoms with Crippen molar-refractivity contribution in [1.82, 2.24) is 15.5 Å². The Hall–Kier alpha value is -1.28. The zero-order valence-electron chi connectivity index (χ0n) is 8.36. The van der Waals surface area contributed by atoms with Gasteiger partial charge >= 0.3 is 6.09 Å². The first-order valence-electron chi connectivity index (χ1n) is 4.36. The number of alkyl carbamates (subject to hydrolysis) is 1. The van der Waals surface area contributed by atoms with Crippen molar-refractivity contribution in [3.05, 3.63) is 16.7 Å². The zero-order chi connectivity index (χ0) is 12.0. The predicted octanol–water partition coefficient (Wildman–Crippen LogP) is 1.68. The average molecular weight is 305 g/mol. The minimum atomic E-state index is -0.606. The summed E-state index contributed by atoms with van der Waals surface area (Å²) in [6.45, 7) is 1.99. The van der Waals surface area contributed by atoms with Crippen molar-refractivity contribution in [2.45, 2.75) is 6.92 Å². The van der Waals surface area contributed by atoms with Crippen LogP contribution in [0.2, 0.25) is 0 Å². The SMILES string of the molecule is CCOC(=O)NC(=S)Nc1ccc(Br)nn1. The number of aromatic nitrogens is 2. The van der Waals surface area contributed by atoms with E-state index in [4.69, 9.17) is 12.2 Å². The van der Waals surface area contributed by atoms with E-state index in [1.807, 2.05) is 0 Å². The van der Waals surface area contributed by atoms with Gasteiger partial charge < -0.3 is 10.1 Å². The summed E-state index contributed by atoms with van der Waals surface area (Å²) in [5.74, 6) is 0.435. The van der Waals surface area contributed by atoms with Gasteiger partial charge in [0.25, 0.3) is 0 Å². The second-order valence-electron chi connectivity index (χ2n) is 2.54. The molecule has 0 bridgehead atoms. The molecular formula is C8H9BrN4O2S. The Balaban J connectivity index is 2.45. The molecule has 0 aromatic carbocycles. The number of hydrogen-bond acceptors (Lipinski definition) is 5. The van der Waals surface area contributed by atoms with Crippen LogP contribution in [0, 0.1) is 0 Å². The van der Waals surface area contributed by atoms with E-state index in [1.54, 1.807) is 19.1 Å². The predicted molar refractivity (Wildman–Crippen MR) is 66.1 cm³/mol. The smallest absolute Gasteiger partial charge is 0.413 e. The van der Waals surface area contributed by atoms with Crippen LogP contribution in [0.4, 0.5) is 10.6 Å². The van der Waals surface area contributed by atoms with Crippen LogP contribution in [0.1, 0.15) is 6.92 Å². The van der Waals surface area contributed by atoms with E-state index in [2.05, 4.69) is 41.5 Å². The van der Waals surface area contributed by atoms with Crippen molar-refractivity contribution >= 4 is 45.2 Å². The molecule has 0 aliphatic heterocycles. The van der Waals surface area contributed by atoms with E-state index in [0.717, 1.165) is 0 Å². The van der Waals surface area contributed by atoms with Crippen LogP contribution in [0.15, 0.2) is 16.7 Å². The monoisotopic (exact) mass is 304 g/mol. The largest absolute Gasteiger partial charge is 0.450 e. The second kappa shape index (κ2) is 6.33. The van der Waals surface area contributed by atoms with Crippen LogP contribution in [0.3, 0.4) is 0 Å². The molecule has 0 fully saturated rings. The number of hydrogen-bond donors (Lipinski definition) is 2. The van der Waals surface area contributed by atoms with Crippen molar-refractivity contribution in [2.24, 2.45) is 0 Å². The summed E-state index contributed by atoms with van der Waals surface area (Å²) >= 11 is 8.01. The number of ether oxygens (including phenoxy) is 1. The molecule has 1 aromatic heterocycles. The Labute approximate surface area is 106 Å². The Morgan fingerprint density at radius 3 is 2.88 bits per heavy atom. The lowest BCUT2D eigenvalue weighted by molar-refractivity contribution is 0.158. The summed E-state index contributed by atoms with van der Waals surface area (Å²) in [5.41, 5.74) is 0. The van der Waals surface area contributed by atoms with E-state index in [-0.39, 0.29) is 11.7 Å². The van der Waals surface area contributed by atoms with Gasteiger partial charge in [0, 0.05) is 0 Å². The first-order valence-corrected chi connectivity index (χ1v) is 5.56. The standard InChI is InChI=1S/C8H9BrN4O2S/c1-2-15-8(14)11-7(16)10-6-4-3-5(9)12-13-6/h3-4H,2H2,1H3,(H2,10,11,13,14,16). The molecule has 1 rings (SSSR count). The fourth-order valence-corrected chi connectivity index (χ4v) is 1.19. The molecule has 1 amide bonds. The van der Waals surface area contributed by atoms with Gasteiger partial charge in [0.05, 0.1) is 6.61 Å². The van der Waals surface area contributed by atoms with Crippen LogP contribution in [-0.4, -0.2) is 28.0 Å². The molecular weight excluding hydrogens is 296 g/mol. The number of anilines is 1. The topological polar surface area (TPSA) is 76.1 Å². The summed E-state index contributed by atoms with van der Waals surface area (Å²) in [7, 11) is 0. The van der Waals surface area contributed by atoms with Crippen molar-refractivity contribution in [3.8, 4) is 0 Å². The highest BCUT2D eigenvalue weighted by molar-refractivity contribution is 9.10. The molecule has 0 atom stereocenters. The zero-order valence-corrected chi connectivity index (χ0v) is 10.8. The number of nitrogens with one attached hydrogen (secondary N) is 2. The lowest BCUT2D eigenvalue weighted by Gasteiger charge is -2.07. The highest BCUT2D eigenvalue weighted by Gasteiger charge is 2.05. The lowest BCUT2D eigenvalue weighted by Crippen LogP contribution is -2.34. The highest BCUT2D eigenvalue weighted by atomic mass is 79.9. The average Bonchev–Trinajstić information content (AvgIpc) is 2.21. The van der Waals surface area contributed by atoms with Crippen LogP contribution in [0.25, 0.3) is 0 Å². The van der Waals surface area contributed by atoms with Crippen molar-refractivity contribution in [1.29, 1.82) is 0 Å². The number of carbonyl (C=O) groups excluding carboxylic acids is 1. The molecule has 0 saturated heterocycles. The third kappa shape index (κ3) is 4.49. The number of carbonyl (C=O) groups is 1. The second-order valence-corrected chi connectivity index (χ2v) is 3.76. The number of thiocarbonyl (C=S) groups is 1.